The molecule has 0 spiro atoms. The molecule has 0 aliphatic carbocycles. The molecule has 0 fully saturated rings. The Hall–Kier alpha value is -1.29. The van der Waals surface area contributed by atoms with Crippen LogP contribution in [-0.2, 0) is 4.74 Å². The molecule has 0 aliphatic rings. The number of aromatic nitrogens is 1. The molecule has 0 radical (unpaired) electrons. The summed E-state index contributed by atoms with van der Waals surface area (Å²) in [5.74, 6) is 2.31. The van der Waals surface area contributed by atoms with E-state index in [1.165, 1.54) is 0 Å². The number of ether oxygens (including phenoxy) is 1. The summed E-state index contributed by atoms with van der Waals surface area (Å²) in [5, 5.41) is 6.71. The molecule has 0 saturated carbocycles. The molecule has 0 aliphatic heterocycles. The van der Waals surface area contributed by atoms with Crippen LogP contribution < -0.4 is 10.6 Å². The van der Waals surface area contributed by atoms with Crippen LogP contribution in [0.15, 0.2) is 18.2 Å². The molecule has 0 bridgehead atoms. The van der Waals surface area contributed by atoms with Gasteiger partial charge in [0.25, 0.3) is 0 Å². The SMILES string of the molecule is CCCNc1cccc(NC(COC)C(C)C)n1. The highest BCUT2D eigenvalue weighted by atomic mass is 16.5. The normalized spacial score (nSPS) is 12.5. The van der Waals surface area contributed by atoms with Crippen LogP contribution in [0.4, 0.5) is 11.6 Å². The summed E-state index contributed by atoms with van der Waals surface area (Å²) >= 11 is 0. The molecule has 1 rings (SSSR count). The van der Waals surface area contributed by atoms with Crippen molar-refractivity contribution < 1.29 is 4.74 Å². The van der Waals surface area contributed by atoms with Crippen molar-refractivity contribution in [2.24, 2.45) is 5.92 Å². The number of methoxy groups -OCH3 is 1. The molecule has 1 unspecified atom stereocenters. The number of rotatable bonds is 8. The molecule has 0 saturated heterocycles. The van der Waals surface area contributed by atoms with Crippen LogP contribution in [0, 0.1) is 5.92 Å². The maximum atomic E-state index is 5.23. The van der Waals surface area contributed by atoms with Crippen molar-refractivity contribution in [3.63, 3.8) is 0 Å². The van der Waals surface area contributed by atoms with Crippen molar-refractivity contribution in [2.75, 3.05) is 30.9 Å². The van der Waals surface area contributed by atoms with Crippen LogP contribution in [0.1, 0.15) is 27.2 Å². The number of pyridine rings is 1. The Balaban J connectivity index is 2.64. The standard InChI is InChI=1S/C14H25N3O/c1-5-9-15-13-7-6-8-14(17-13)16-12(10-18-4)11(2)3/h6-8,11-12H,5,9-10H2,1-4H3,(H2,15,16,17). The molecular formula is C14H25N3O. The highest BCUT2D eigenvalue weighted by Crippen LogP contribution is 2.13. The van der Waals surface area contributed by atoms with E-state index in [0.29, 0.717) is 12.5 Å². The van der Waals surface area contributed by atoms with Crippen molar-refractivity contribution >= 4 is 11.6 Å². The minimum absolute atomic E-state index is 0.281. The lowest BCUT2D eigenvalue weighted by Crippen LogP contribution is -2.30. The summed E-state index contributed by atoms with van der Waals surface area (Å²) in [5.41, 5.74) is 0. The van der Waals surface area contributed by atoms with Gasteiger partial charge in [0, 0.05) is 13.7 Å². The molecule has 1 atom stereocenters. The zero-order chi connectivity index (χ0) is 13.4. The van der Waals surface area contributed by atoms with Crippen LogP contribution in [0.5, 0.6) is 0 Å². The summed E-state index contributed by atoms with van der Waals surface area (Å²) in [4.78, 5) is 4.54. The molecule has 102 valence electrons. The van der Waals surface area contributed by atoms with Crippen molar-refractivity contribution in [3.8, 4) is 0 Å². The summed E-state index contributed by atoms with van der Waals surface area (Å²) in [6, 6.07) is 6.27. The first-order valence-corrected chi connectivity index (χ1v) is 6.63. The van der Waals surface area contributed by atoms with E-state index in [1.54, 1.807) is 7.11 Å². The maximum Gasteiger partial charge on any atom is 0.128 e. The zero-order valence-electron chi connectivity index (χ0n) is 11.9. The molecule has 0 aromatic carbocycles. The van der Waals surface area contributed by atoms with E-state index in [1.807, 2.05) is 18.2 Å². The number of anilines is 2. The van der Waals surface area contributed by atoms with E-state index < -0.39 is 0 Å². The van der Waals surface area contributed by atoms with Gasteiger partial charge >= 0.3 is 0 Å². The minimum Gasteiger partial charge on any atom is -0.383 e. The number of hydrogen-bond acceptors (Lipinski definition) is 4. The average Bonchev–Trinajstić information content (AvgIpc) is 2.36. The van der Waals surface area contributed by atoms with Gasteiger partial charge in [-0.25, -0.2) is 4.98 Å². The smallest absolute Gasteiger partial charge is 0.128 e. The highest BCUT2D eigenvalue weighted by molar-refractivity contribution is 5.45. The topological polar surface area (TPSA) is 46.2 Å². The van der Waals surface area contributed by atoms with Gasteiger partial charge in [0.1, 0.15) is 11.6 Å². The van der Waals surface area contributed by atoms with Crippen molar-refractivity contribution in [2.45, 2.75) is 33.2 Å². The van der Waals surface area contributed by atoms with Crippen molar-refractivity contribution in [3.05, 3.63) is 18.2 Å². The third kappa shape index (κ3) is 4.92. The van der Waals surface area contributed by atoms with Crippen LogP contribution in [0.2, 0.25) is 0 Å². The van der Waals surface area contributed by atoms with Gasteiger partial charge in [-0.1, -0.05) is 26.8 Å². The molecule has 1 heterocycles. The molecule has 0 amide bonds. The Morgan fingerprint density at radius 2 is 2.00 bits per heavy atom. The zero-order valence-corrected chi connectivity index (χ0v) is 11.9. The molecule has 1 aromatic heterocycles. The van der Waals surface area contributed by atoms with E-state index in [2.05, 4.69) is 36.4 Å². The predicted molar refractivity (Wildman–Crippen MR) is 77.1 cm³/mol. The van der Waals surface area contributed by atoms with Gasteiger partial charge in [-0.2, -0.15) is 0 Å². The van der Waals surface area contributed by atoms with E-state index in [4.69, 9.17) is 4.74 Å². The molecule has 4 nitrogen and oxygen atoms in total. The number of hydrogen-bond donors (Lipinski definition) is 2. The van der Waals surface area contributed by atoms with Crippen LogP contribution >= 0.6 is 0 Å². The van der Waals surface area contributed by atoms with E-state index in [9.17, 15) is 0 Å². The second-order valence-corrected chi connectivity index (χ2v) is 4.79. The summed E-state index contributed by atoms with van der Waals surface area (Å²) in [6.07, 6.45) is 1.09. The van der Waals surface area contributed by atoms with Gasteiger partial charge in [0.05, 0.1) is 12.6 Å². The van der Waals surface area contributed by atoms with Gasteiger partial charge < -0.3 is 15.4 Å². The summed E-state index contributed by atoms with van der Waals surface area (Å²) < 4.78 is 5.23. The molecular weight excluding hydrogens is 226 g/mol. The van der Waals surface area contributed by atoms with Gasteiger partial charge in [0.15, 0.2) is 0 Å². The fourth-order valence-corrected chi connectivity index (χ4v) is 1.64. The van der Waals surface area contributed by atoms with Crippen LogP contribution in [0.3, 0.4) is 0 Å². The van der Waals surface area contributed by atoms with Crippen LogP contribution in [0.25, 0.3) is 0 Å². The van der Waals surface area contributed by atoms with Gasteiger partial charge in [0.2, 0.25) is 0 Å². The van der Waals surface area contributed by atoms with E-state index >= 15 is 0 Å². The Bertz CT molecular complexity index is 342. The Morgan fingerprint density at radius 1 is 1.28 bits per heavy atom. The molecule has 18 heavy (non-hydrogen) atoms. The van der Waals surface area contributed by atoms with Crippen LogP contribution in [-0.4, -0.2) is 31.3 Å². The molecule has 4 heteroatoms. The van der Waals surface area contributed by atoms with E-state index in [0.717, 1.165) is 24.6 Å². The fraction of sp³-hybridized carbons (Fsp3) is 0.643. The quantitative estimate of drug-likeness (QED) is 0.745. The fourth-order valence-electron chi connectivity index (χ4n) is 1.64. The van der Waals surface area contributed by atoms with E-state index in [-0.39, 0.29) is 6.04 Å². The molecule has 1 aromatic rings. The minimum atomic E-state index is 0.281. The monoisotopic (exact) mass is 251 g/mol. The number of nitrogens with zero attached hydrogens (tertiary/aromatic N) is 1. The van der Waals surface area contributed by atoms with Crippen molar-refractivity contribution in [1.82, 2.24) is 4.98 Å². The third-order valence-electron chi connectivity index (χ3n) is 2.79. The summed E-state index contributed by atoms with van der Waals surface area (Å²) in [6.45, 7) is 8.13. The van der Waals surface area contributed by atoms with Gasteiger partial charge in [-0.05, 0) is 24.5 Å². The summed E-state index contributed by atoms with van der Waals surface area (Å²) in [7, 11) is 1.73. The lowest BCUT2D eigenvalue weighted by Gasteiger charge is -2.22. The highest BCUT2D eigenvalue weighted by Gasteiger charge is 2.13. The Morgan fingerprint density at radius 3 is 2.61 bits per heavy atom. The first-order valence-electron chi connectivity index (χ1n) is 6.63. The average molecular weight is 251 g/mol. The largest absolute Gasteiger partial charge is 0.383 e. The molecule has 2 N–H and O–H groups in total. The maximum absolute atomic E-state index is 5.23. The number of nitrogens with one attached hydrogen (secondary N) is 2. The lowest BCUT2D eigenvalue weighted by molar-refractivity contribution is 0.171. The lowest BCUT2D eigenvalue weighted by atomic mass is 10.1. The third-order valence-corrected chi connectivity index (χ3v) is 2.79. The second-order valence-electron chi connectivity index (χ2n) is 4.79. The predicted octanol–water partition coefficient (Wildman–Crippen LogP) is 2.99. The first-order chi connectivity index (χ1) is 8.67. The second kappa shape index (κ2) is 7.93. The van der Waals surface area contributed by atoms with Crippen molar-refractivity contribution in [1.29, 1.82) is 0 Å². The Labute approximate surface area is 110 Å². The first kappa shape index (κ1) is 14.8. The Kier molecular flexibility index (Phi) is 6.50. The van der Waals surface area contributed by atoms with Gasteiger partial charge in [-0.15, -0.1) is 0 Å². The van der Waals surface area contributed by atoms with Gasteiger partial charge in [-0.3, -0.25) is 0 Å².